The van der Waals surface area contributed by atoms with Crippen LogP contribution in [0, 0.1) is 5.92 Å². The number of hydrogen-bond acceptors (Lipinski definition) is 4. The molecule has 6 nitrogen and oxygen atoms in total. The molecule has 2 aromatic carbocycles. The average Bonchev–Trinajstić information content (AvgIpc) is 3.34. The van der Waals surface area contributed by atoms with E-state index in [1.807, 2.05) is 54.6 Å². The van der Waals surface area contributed by atoms with E-state index in [4.69, 9.17) is 9.47 Å². The van der Waals surface area contributed by atoms with Gasteiger partial charge in [0.15, 0.2) is 0 Å². The van der Waals surface area contributed by atoms with Crippen LogP contribution >= 0.6 is 0 Å². The minimum Gasteiger partial charge on any atom is -0.494 e. The molecule has 1 amide bonds. The molecule has 0 spiro atoms. The Kier molecular flexibility index (Phi) is 6.21. The highest BCUT2D eigenvalue weighted by molar-refractivity contribution is 5.84. The van der Waals surface area contributed by atoms with E-state index in [-0.39, 0.29) is 11.9 Å². The van der Waals surface area contributed by atoms with E-state index < -0.39 is 12.0 Å². The van der Waals surface area contributed by atoms with Crippen molar-refractivity contribution in [3.8, 4) is 17.2 Å². The lowest BCUT2D eigenvalue weighted by molar-refractivity contribution is -0.149. The van der Waals surface area contributed by atoms with Gasteiger partial charge < -0.3 is 19.5 Å². The molecule has 6 heteroatoms. The summed E-state index contributed by atoms with van der Waals surface area (Å²) in [7, 11) is 0. The van der Waals surface area contributed by atoms with E-state index in [0.717, 1.165) is 30.8 Å². The molecule has 2 fully saturated rings. The maximum atomic E-state index is 12.7. The third kappa shape index (κ3) is 4.58. The van der Waals surface area contributed by atoms with Gasteiger partial charge in [-0.1, -0.05) is 24.6 Å². The summed E-state index contributed by atoms with van der Waals surface area (Å²) in [5.74, 6) is 1.62. The summed E-state index contributed by atoms with van der Waals surface area (Å²) in [5, 5.41) is 9.49. The van der Waals surface area contributed by atoms with Gasteiger partial charge in [0, 0.05) is 12.5 Å². The first-order valence-corrected chi connectivity index (χ1v) is 10.6. The summed E-state index contributed by atoms with van der Waals surface area (Å²) in [6.07, 6.45) is 4.50. The molecule has 0 radical (unpaired) electrons. The maximum Gasteiger partial charge on any atom is 0.326 e. The van der Waals surface area contributed by atoms with Gasteiger partial charge in [0.25, 0.3) is 0 Å². The first-order valence-electron chi connectivity index (χ1n) is 10.6. The fourth-order valence-electron chi connectivity index (χ4n) is 4.64. The molecule has 1 N–H and O–H groups in total. The van der Waals surface area contributed by atoms with E-state index >= 15 is 0 Å². The van der Waals surface area contributed by atoms with Crippen LogP contribution in [-0.2, 0) is 9.59 Å². The summed E-state index contributed by atoms with van der Waals surface area (Å²) in [4.78, 5) is 25.9. The number of aliphatic carboxylic acids is 1. The van der Waals surface area contributed by atoms with Crippen molar-refractivity contribution in [1.82, 2.24) is 4.90 Å². The highest BCUT2D eigenvalue weighted by atomic mass is 16.5. The van der Waals surface area contributed by atoms with Crippen LogP contribution in [0.25, 0.3) is 0 Å². The molecular weight excluding hydrogens is 382 g/mol. The second-order valence-electron chi connectivity index (χ2n) is 7.99. The molecule has 2 aromatic rings. The predicted molar refractivity (Wildman–Crippen MR) is 112 cm³/mol. The quantitative estimate of drug-likeness (QED) is 0.650. The first-order chi connectivity index (χ1) is 14.6. The molecule has 1 aliphatic carbocycles. The lowest BCUT2D eigenvalue weighted by atomic mass is 10.0. The number of carbonyl (C=O) groups excluding carboxylic acids is 1. The highest BCUT2D eigenvalue weighted by Gasteiger charge is 2.48. The van der Waals surface area contributed by atoms with Crippen LogP contribution in [0.1, 0.15) is 38.5 Å². The van der Waals surface area contributed by atoms with Crippen LogP contribution in [0.4, 0.5) is 0 Å². The molecule has 1 saturated carbocycles. The number of benzene rings is 2. The van der Waals surface area contributed by atoms with Crippen LogP contribution in [0.5, 0.6) is 17.2 Å². The van der Waals surface area contributed by atoms with Crippen molar-refractivity contribution in [2.24, 2.45) is 5.92 Å². The van der Waals surface area contributed by atoms with Crippen LogP contribution in [0.3, 0.4) is 0 Å². The molecule has 1 heterocycles. The van der Waals surface area contributed by atoms with E-state index in [9.17, 15) is 14.7 Å². The number of fused-ring (bicyclic) bond motifs is 1. The Morgan fingerprint density at radius 2 is 1.67 bits per heavy atom. The molecule has 2 aliphatic rings. The predicted octanol–water partition coefficient (Wildman–Crippen LogP) is 4.49. The fourth-order valence-corrected chi connectivity index (χ4v) is 4.64. The van der Waals surface area contributed by atoms with E-state index in [2.05, 4.69) is 0 Å². The topological polar surface area (TPSA) is 76.1 Å². The minimum atomic E-state index is -0.883. The third-order valence-corrected chi connectivity index (χ3v) is 6.02. The lowest BCUT2D eigenvalue weighted by Crippen LogP contribution is -2.44. The normalized spacial score (nSPS) is 22.5. The Balaban J connectivity index is 1.23. The highest BCUT2D eigenvalue weighted by Crippen LogP contribution is 2.41. The van der Waals surface area contributed by atoms with Gasteiger partial charge in [-0.05, 0) is 68.0 Å². The van der Waals surface area contributed by atoms with Crippen molar-refractivity contribution >= 4 is 11.9 Å². The number of nitrogens with zero attached hydrogens (tertiary/aromatic N) is 1. The van der Waals surface area contributed by atoms with Crippen LogP contribution in [0.2, 0.25) is 0 Å². The number of rotatable bonds is 8. The zero-order chi connectivity index (χ0) is 20.9. The molecule has 1 saturated heterocycles. The standard InChI is InChI=1S/C24H27NO5/c26-23(25-21-9-4-6-17(21)16-22(25)24(27)28)10-5-15-29-18-11-13-20(14-12-18)30-19-7-2-1-3-8-19/h1-3,7-8,11-14,17,21-22H,4-6,9-10,15-16H2,(H,27,28)/t17-,21-,22-/m0/s1. The van der Waals surface area contributed by atoms with E-state index in [1.165, 1.54) is 0 Å². The van der Waals surface area contributed by atoms with Crippen molar-refractivity contribution < 1.29 is 24.2 Å². The molecule has 0 bridgehead atoms. The van der Waals surface area contributed by atoms with Crippen LogP contribution in [-0.4, -0.2) is 40.6 Å². The molecule has 0 aromatic heterocycles. The van der Waals surface area contributed by atoms with Crippen molar-refractivity contribution in [3.63, 3.8) is 0 Å². The second-order valence-corrected chi connectivity index (χ2v) is 7.99. The summed E-state index contributed by atoms with van der Waals surface area (Å²) < 4.78 is 11.5. The Labute approximate surface area is 176 Å². The summed E-state index contributed by atoms with van der Waals surface area (Å²) in [5.41, 5.74) is 0. The third-order valence-electron chi connectivity index (χ3n) is 6.02. The molecule has 4 rings (SSSR count). The minimum absolute atomic E-state index is 0.0630. The summed E-state index contributed by atoms with van der Waals surface area (Å²) >= 11 is 0. The Morgan fingerprint density at radius 3 is 2.40 bits per heavy atom. The molecule has 3 atom stereocenters. The Hall–Kier alpha value is -3.02. The van der Waals surface area contributed by atoms with Gasteiger partial charge in [0.05, 0.1) is 6.61 Å². The fraction of sp³-hybridized carbons (Fsp3) is 0.417. The summed E-state index contributed by atoms with van der Waals surface area (Å²) in [6, 6.07) is 16.4. The number of ether oxygens (including phenoxy) is 2. The molecule has 0 unspecified atom stereocenters. The van der Waals surface area contributed by atoms with Crippen molar-refractivity contribution in [3.05, 3.63) is 54.6 Å². The number of likely N-dealkylation sites (tertiary alicyclic amines) is 1. The Bertz CT molecular complexity index is 867. The smallest absolute Gasteiger partial charge is 0.326 e. The largest absolute Gasteiger partial charge is 0.494 e. The zero-order valence-electron chi connectivity index (χ0n) is 16.9. The SMILES string of the molecule is O=C(O)[C@@H]1C[C@@H]2CCC[C@@H]2N1C(=O)CCCOc1ccc(Oc2ccccc2)cc1. The Morgan fingerprint density at radius 1 is 0.967 bits per heavy atom. The maximum absolute atomic E-state index is 12.7. The van der Waals surface area contributed by atoms with Crippen molar-refractivity contribution in [2.75, 3.05) is 6.61 Å². The second kappa shape index (κ2) is 9.20. The van der Waals surface area contributed by atoms with Gasteiger partial charge in [-0.3, -0.25) is 4.79 Å². The molecule has 158 valence electrons. The van der Waals surface area contributed by atoms with Crippen LogP contribution < -0.4 is 9.47 Å². The average molecular weight is 409 g/mol. The van der Waals surface area contributed by atoms with Gasteiger partial charge in [0.1, 0.15) is 23.3 Å². The number of para-hydroxylation sites is 1. The zero-order valence-corrected chi connectivity index (χ0v) is 16.9. The molecule has 30 heavy (non-hydrogen) atoms. The van der Waals surface area contributed by atoms with Crippen molar-refractivity contribution in [1.29, 1.82) is 0 Å². The number of carbonyl (C=O) groups is 2. The van der Waals surface area contributed by atoms with E-state index in [0.29, 0.717) is 37.5 Å². The van der Waals surface area contributed by atoms with Gasteiger partial charge in [-0.2, -0.15) is 0 Å². The molecule has 1 aliphatic heterocycles. The van der Waals surface area contributed by atoms with Gasteiger partial charge in [-0.25, -0.2) is 4.79 Å². The van der Waals surface area contributed by atoms with Gasteiger partial charge >= 0.3 is 5.97 Å². The number of carboxylic acid groups (broad SMARTS) is 1. The number of amides is 1. The van der Waals surface area contributed by atoms with Gasteiger partial charge in [0.2, 0.25) is 5.91 Å². The summed E-state index contributed by atoms with van der Waals surface area (Å²) in [6.45, 7) is 0.407. The van der Waals surface area contributed by atoms with E-state index in [1.54, 1.807) is 4.90 Å². The first kappa shape index (κ1) is 20.3. The van der Waals surface area contributed by atoms with Gasteiger partial charge in [-0.15, -0.1) is 0 Å². The number of hydrogen-bond donors (Lipinski definition) is 1. The lowest BCUT2D eigenvalue weighted by Gasteiger charge is -2.27. The van der Waals surface area contributed by atoms with Crippen LogP contribution in [0.15, 0.2) is 54.6 Å². The monoisotopic (exact) mass is 409 g/mol. The van der Waals surface area contributed by atoms with Crippen molar-refractivity contribution in [2.45, 2.75) is 50.6 Å². The molecular formula is C24H27NO5. The number of carboxylic acids is 1.